The third kappa shape index (κ3) is 1.73. The van der Waals surface area contributed by atoms with Gasteiger partial charge in [0.25, 0.3) is 0 Å². The van der Waals surface area contributed by atoms with Gasteiger partial charge >= 0.3 is 5.76 Å². The molecule has 0 atom stereocenters. The third-order valence-electron chi connectivity index (χ3n) is 2.52. The average Bonchev–Trinajstić information content (AvgIpc) is 2.85. The maximum Gasteiger partial charge on any atom is 0.419 e. The minimum Gasteiger partial charge on any atom is -0.408 e. The van der Waals surface area contributed by atoms with Crippen LogP contribution < -0.4 is 5.76 Å². The topological polar surface area (TPSA) is 48.0 Å². The highest BCUT2D eigenvalue weighted by molar-refractivity contribution is 9.10. The normalized spacial score (nSPS) is 11.2. The Morgan fingerprint density at radius 1 is 1.47 bits per heavy atom. The third-order valence-corrected chi connectivity index (χ3v) is 4.12. The summed E-state index contributed by atoms with van der Waals surface area (Å²) in [5.41, 5.74) is 2.32. The first kappa shape index (κ1) is 10.7. The molecule has 0 spiro atoms. The lowest BCUT2D eigenvalue weighted by atomic mass is 10.2. The molecule has 1 aromatic carbocycles. The van der Waals surface area contributed by atoms with Gasteiger partial charge in [0.05, 0.1) is 5.52 Å². The molecule has 6 heteroatoms. The maximum absolute atomic E-state index is 11.4. The Labute approximate surface area is 109 Å². The number of hydrogen-bond donors (Lipinski definition) is 0. The van der Waals surface area contributed by atoms with Gasteiger partial charge in [-0.2, -0.15) is 0 Å². The fraction of sp³-hybridized carbons (Fsp3) is 0.0909. The number of thiazole rings is 1. The van der Waals surface area contributed by atoms with Crippen LogP contribution >= 0.6 is 27.3 Å². The maximum atomic E-state index is 11.4. The quantitative estimate of drug-likeness (QED) is 0.694. The van der Waals surface area contributed by atoms with Crippen LogP contribution in [0.5, 0.6) is 0 Å². The molecule has 3 aromatic rings. The highest BCUT2D eigenvalue weighted by Gasteiger charge is 2.09. The second-order valence-corrected chi connectivity index (χ2v) is 5.26. The number of halogens is 1. The molecule has 17 heavy (non-hydrogen) atoms. The van der Waals surface area contributed by atoms with Gasteiger partial charge in [0.15, 0.2) is 5.58 Å². The number of fused-ring (bicyclic) bond motifs is 1. The summed E-state index contributed by atoms with van der Waals surface area (Å²) >= 11 is 4.85. The molecule has 86 valence electrons. The van der Waals surface area contributed by atoms with Crippen LogP contribution in [0.25, 0.3) is 21.7 Å². The van der Waals surface area contributed by atoms with Crippen molar-refractivity contribution in [3.8, 4) is 10.6 Å². The van der Waals surface area contributed by atoms with Crippen LogP contribution in [0.4, 0.5) is 0 Å². The van der Waals surface area contributed by atoms with Gasteiger partial charge in [-0.25, -0.2) is 9.78 Å². The Hall–Kier alpha value is -1.40. The van der Waals surface area contributed by atoms with Crippen LogP contribution in [0.2, 0.25) is 0 Å². The Balaban J connectivity index is 2.23. The van der Waals surface area contributed by atoms with Crippen LogP contribution in [0, 0.1) is 0 Å². The smallest absolute Gasteiger partial charge is 0.408 e. The van der Waals surface area contributed by atoms with Gasteiger partial charge in [0, 0.05) is 18.0 Å². The largest absolute Gasteiger partial charge is 0.419 e. The first-order valence-electron chi connectivity index (χ1n) is 4.86. The SMILES string of the molecule is Cn1c(=O)oc2cc(-c3nc(Br)cs3)ccc21. The van der Waals surface area contributed by atoms with Crippen molar-refractivity contribution in [1.82, 2.24) is 9.55 Å². The molecule has 0 bridgehead atoms. The number of benzene rings is 1. The number of aryl methyl sites for hydroxylation is 1. The molecule has 2 heterocycles. The van der Waals surface area contributed by atoms with Crippen LogP contribution in [-0.2, 0) is 7.05 Å². The van der Waals surface area contributed by atoms with Gasteiger partial charge in [0.2, 0.25) is 0 Å². The molecule has 4 nitrogen and oxygen atoms in total. The molecule has 0 aliphatic rings. The van der Waals surface area contributed by atoms with E-state index in [1.807, 2.05) is 23.6 Å². The van der Waals surface area contributed by atoms with Gasteiger partial charge in [-0.15, -0.1) is 11.3 Å². The lowest BCUT2D eigenvalue weighted by Crippen LogP contribution is -2.08. The van der Waals surface area contributed by atoms with E-state index >= 15 is 0 Å². The van der Waals surface area contributed by atoms with E-state index in [0.717, 1.165) is 20.7 Å². The van der Waals surface area contributed by atoms with Gasteiger partial charge < -0.3 is 4.42 Å². The van der Waals surface area contributed by atoms with Crippen molar-refractivity contribution < 1.29 is 4.42 Å². The average molecular weight is 311 g/mol. The summed E-state index contributed by atoms with van der Waals surface area (Å²) in [7, 11) is 1.69. The van der Waals surface area contributed by atoms with Crippen molar-refractivity contribution in [2.24, 2.45) is 7.05 Å². The molecule has 0 saturated carbocycles. The zero-order chi connectivity index (χ0) is 12.0. The predicted molar refractivity (Wildman–Crippen MR) is 70.3 cm³/mol. The van der Waals surface area contributed by atoms with Crippen LogP contribution in [0.15, 0.2) is 37.4 Å². The molecular formula is C11H7BrN2O2S. The summed E-state index contributed by atoms with van der Waals surface area (Å²) in [4.78, 5) is 15.7. The zero-order valence-corrected chi connectivity index (χ0v) is 11.2. The Kier molecular flexibility index (Phi) is 2.41. The molecule has 0 fully saturated rings. The van der Waals surface area contributed by atoms with Gasteiger partial charge in [0.1, 0.15) is 9.61 Å². The Bertz CT molecular complexity index is 756. The molecule has 0 aliphatic carbocycles. The van der Waals surface area contributed by atoms with E-state index in [-0.39, 0.29) is 5.76 Å². The number of hydrogen-bond acceptors (Lipinski definition) is 4. The summed E-state index contributed by atoms with van der Waals surface area (Å²) in [6.45, 7) is 0. The van der Waals surface area contributed by atoms with Crippen molar-refractivity contribution >= 4 is 38.4 Å². The van der Waals surface area contributed by atoms with Gasteiger partial charge in [-0.05, 0) is 34.1 Å². The molecule has 0 N–H and O–H groups in total. The summed E-state index contributed by atoms with van der Waals surface area (Å²) in [5, 5.41) is 2.81. The monoisotopic (exact) mass is 310 g/mol. The van der Waals surface area contributed by atoms with Crippen molar-refractivity contribution in [3.05, 3.63) is 38.7 Å². The number of aromatic nitrogens is 2. The van der Waals surface area contributed by atoms with Crippen LogP contribution in [-0.4, -0.2) is 9.55 Å². The van der Waals surface area contributed by atoms with E-state index in [4.69, 9.17) is 4.42 Å². The van der Waals surface area contributed by atoms with Crippen molar-refractivity contribution in [1.29, 1.82) is 0 Å². The van der Waals surface area contributed by atoms with Gasteiger partial charge in [-0.1, -0.05) is 0 Å². The predicted octanol–water partition coefficient (Wildman–Crippen LogP) is 3.02. The molecule has 0 unspecified atom stereocenters. The first-order chi connectivity index (χ1) is 8.15. The highest BCUT2D eigenvalue weighted by Crippen LogP contribution is 2.28. The van der Waals surface area contributed by atoms with Crippen molar-refractivity contribution in [2.45, 2.75) is 0 Å². The molecule has 2 aromatic heterocycles. The fourth-order valence-electron chi connectivity index (χ4n) is 1.65. The summed E-state index contributed by atoms with van der Waals surface area (Å²) in [5.74, 6) is -0.350. The van der Waals surface area contributed by atoms with E-state index < -0.39 is 0 Å². The molecule has 0 amide bonds. The molecule has 0 aliphatic heterocycles. The number of nitrogens with zero attached hydrogens (tertiary/aromatic N) is 2. The molecule has 0 radical (unpaired) electrons. The highest BCUT2D eigenvalue weighted by atomic mass is 79.9. The van der Waals surface area contributed by atoms with E-state index in [2.05, 4.69) is 20.9 Å². The summed E-state index contributed by atoms with van der Waals surface area (Å²) in [6.07, 6.45) is 0. The van der Waals surface area contributed by atoms with E-state index in [0.29, 0.717) is 5.58 Å². The van der Waals surface area contributed by atoms with Crippen molar-refractivity contribution in [3.63, 3.8) is 0 Å². The molecular weight excluding hydrogens is 304 g/mol. The van der Waals surface area contributed by atoms with Crippen LogP contribution in [0.1, 0.15) is 0 Å². The van der Waals surface area contributed by atoms with E-state index in [1.54, 1.807) is 7.05 Å². The minimum atomic E-state index is -0.350. The number of rotatable bonds is 1. The second kappa shape index (κ2) is 3.82. The standard InChI is InChI=1S/C11H7BrN2O2S/c1-14-7-3-2-6(4-8(7)16-11(14)15)10-13-9(12)5-17-10/h2-5H,1H3. The van der Waals surface area contributed by atoms with Crippen molar-refractivity contribution in [2.75, 3.05) is 0 Å². The Morgan fingerprint density at radius 3 is 3.00 bits per heavy atom. The minimum absolute atomic E-state index is 0.350. The lowest BCUT2D eigenvalue weighted by molar-refractivity contribution is 0.528. The lowest BCUT2D eigenvalue weighted by Gasteiger charge is -1.96. The second-order valence-electron chi connectivity index (χ2n) is 3.58. The first-order valence-corrected chi connectivity index (χ1v) is 6.53. The molecule has 0 saturated heterocycles. The van der Waals surface area contributed by atoms with E-state index in [1.165, 1.54) is 15.9 Å². The number of oxazole rings is 1. The van der Waals surface area contributed by atoms with Gasteiger partial charge in [-0.3, -0.25) is 4.57 Å². The Morgan fingerprint density at radius 2 is 2.29 bits per heavy atom. The summed E-state index contributed by atoms with van der Waals surface area (Å²) in [6, 6.07) is 5.63. The summed E-state index contributed by atoms with van der Waals surface area (Å²) < 4.78 is 7.44. The molecule has 3 rings (SSSR count). The fourth-order valence-corrected chi connectivity index (χ4v) is 2.90. The zero-order valence-electron chi connectivity index (χ0n) is 8.81. The van der Waals surface area contributed by atoms with E-state index in [9.17, 15) is 4.79 Å². The van der Waals surface area contributed by atoms with Crippen LogP contribution in [0.3, 0.4) is 0 Å².